The number of carbonyl (C=O) groups excluding carboxylic acids is 2. The van der Waals surface area contributed by atoms with E-state index < -0.39 is 29.3 Å². The number of aliphatic hydroxyl groups excluding tert-OH is 1. The fraction of sp³-hybridized carbons (Fsp3) is 0.115. The molecule has 3 heterocycles. The van der Waals surface area contributed by atoms with Crippen molar-refractivity contribution in [1.82, 2.24) is 15.2 Å². The Balaban J connectivity index is 1.51. The molecule has 1 fully saturated rings. The molecule has 0 bridgehead atoms. The highest BCUT2D eigenvalue weighted by molar-refractivity contribution is 8.00. The molecule has 1 atom stereocenters. The number of aromatic nitrogens is 3. The van der Waals surface area contributed by atoms with Crippen LogP contribution < -0.4 is 4.90 Å². The maximum atomic E-state index is 13.4. The zero-order chi connectivity index (χ0) is 25.2. The summed E-state index contributed by atoms with van der Waals surface area (Å²) in [5.74, 6) is -1.89. The van der Waals surface area contributed by atoms with Gasteiger partial charge in [-0.15, -0.1) is 10.2 Å². The number of carbonyl (C=O) groups is 2. The molecule has 1 aliphatic rings. The van der Waals surface area contributed by atoms with Gasteiger partial charge in [-0.25, -0.2) is 4.39 Å². The first kappa shape index (κ1) is 23.8. The topological polar surface area (TPSA) is 96.3 Å². The monoisotopic (exact) mass is 518 g/mol. The number of hydrogen-bond donors (Lipinski definition) is 1. The minimum atomic E-state index is -0.944. The van der Waals surface area contributed by atoms with Gasteiger partial charge in [0.05, 0.1) is 11.6 Å². The Bertz CT molecular complexity index is 1450. The van der Waals surface area contributed by atoms with E-state index in [0.717, 1.165) is 5.56 Å². The summed E-state index contributed by atoms with van der Waals surface area (Å²) in [7, 11) is 0. The van der Waals surface area contributed by atoms with Crippen LogP contribution in [-0.4, -0.2) is 32.0 Å². The van der Waals surface area contributed by atoms with Crippen LogP contribution in [0, 0.1) is 12.7 Å². The van der Waals surface area contributed by atoms with Crippen LogP contribution in [-0.2, 0) is 15.3 Å². The van der Waals surface area contributed by atoms with Crippen LogP contribution in [0.2, 0.25) is 0 Å². The molecule has 2 aromatic heterocycles. The number of ketones is 1. The number of amides is 1. The Morgan fingerprint density at radius 2 is 1.72 bits per heavy atom. The Morgan fingerprint density at radius 3 is 2.42 bits per heavy atom. The molecule has 36 heavy (non-hydrogen) atoms. The van der Waals surface area contributed by atoms with E-state index in [2.05, 4.69) is 15.2 Å². The van der Waals surface area contributed by atoms with E-state index >= 15 is 0 Å². The van der Waals surface area contributed by atoms with Crippen molar-refractivity contribution in [1.29, 1.82) is 0 Å². The van der Waals surface area contributed by atoms with Crippen molar-refractivity contribution in [2.24, 2.45) is 0 Å². The molecule has 0 radical (unpaired) electrons. The van der Waals surface area contributed by atoms with E-state index in [1.807, 2.05) is 31.2 Å². The number of hydrogen-bond acceptors (Lipinski definition) is 8. The number of Topliss-reactive ketones (excluding diaryl/α,β-unsaturated/α-hetero) is 1. The zero-order valence-electron chi connectivity index (χ0n) is 19.0. The van der Waals surface area contributed by atoms with Crippen molar-refractivity contribution in [3.8, 4) is 0 Å². The van der Waals surface area contributed by atoms with Crippen molar-refractivity contribution in [3.63, 3.8) is 0 Å². The van der Waals surface area contributed by atoms with E-state index in [1.54, 1.807) is 12.1 Å². The maximum absolute atomic E-state index is 13.4. The minimum Gasteiger partial charge on any atom is -0.507 e. The van der Waals surface area contributed by atoms with Gasteiger partial charge in [0.15, 0.2) is 4.34 Å². The smallest absolute Gasteiger partial charge is 0.301 e. The van der Waals surface area contributed by atoms with Crippen LogP contribution >= 0.6 is 23.1 Å². The van der Waals surface area contributed by atoms with Crippen LogP contribution in [0.25, 0.3) is 5.76 Å². The van der Waals surface area contributed by atoms with Crippen molar-refractivity contribution in [2.75, 3.05) is 4.90 Å². The van der Waals surface area contributed by atoms with Gasteiger partial charge < -0.3 is 5.11 Å². The average molecular weight is 519 g/mol. The summed E-state index contributed by atoms with van der Waals surface area (Å²) in [6.45, 7) is 2.03. The number of thioether (sulfide) groups is 1. The van der Waals surface area contributed by atoms with Crippen LogP contribution in [0.4, 0.5) is 9.52 Å². The fourth-order valence-corrected chi connectivity index (χ4v) is 5.67. The zero-order valence-corrected chi connectivity index (χ0v) is 20.6. The SMILES string of the molecule is Cc1ccc(CSc2nnc(N3C(=O)C(=O)/C(=C(\O)c4ccc(F)cc4)C3c3ccncc3)s2)cc1. The lowest BCUT2D eigenvalue weighted by atomic mass is 9.96. The maximum Gasteiger partial charge on any atom is 0.301 e. The highest BCUT2D eigenvalue weighted by Gasteiger charge is 2.48. The third-order valence-corrected chi connectivity index (χ3v) is 7.80. The third-order valence-electron chi connectivity index (χ3n) is 5.67. The van der Waals surface area contributed by atoms with Gasteiger partial charge in [0, 0.05) is 23.7 Å². The standard InChI is InChI=1S/C26H19FN4O3S2/c1-15-2-4-16(5-3-15)14-35-26-30-29-25(36-26)31-21(17-10-12-28-13-11-17)20(23(33)24(31)34)22(32)18-6-8-19(27)9-7-18/h2-13,21,32H,14H2,1H3/b22-20-. The van der Waals surface area contributed by atoms with E-state index in [1.165, 1.54) is 70.2 Å². The van der Waals surface area contributed by atoms with Gasteiger partial charge in [-0.3, -0.25) is 19.5 Å². The summed E-state index contributed by atoms with van der Waals surface area (Å²) >= 11 is 2.67. The van der Waals surface area contributed by atoms with E-state index in [0.29, 0.717) is 15.7 Å². The van der Waals surface area contributed by atoms with Crippen LogP contribution in [0.5, 0.6) is 0 Å². The molecule has 7 nitrogen and oxygen atoms in total. The van der Waals surface area contributed by atoms with Crippen LogP contribution in [0.15, 0.2) is 83.0 Å². The Kier molecular flexibility index (Phi) is 6.62. The molecule has 0 aliphatic carbocycles. The van der Waals surface area contributed by atoms with Crippen LogP contribution in [0.3, 0.4) is 0 Å². The molecule has 0 saturated carbocycles. The molecule has 1 aliphatic heterocycles. The van der Waals surface area contributed by atoms with Crippen molar-refractivity contribution in [3.05, 3.63) is 107 Å². The summed E-state index contributed by atoms with van der Waals surface area (Å²) in [5.41, 5.74) is 2.98. The molecule has 180 valence electrons. The van der Waals surface area contributed by atoms with Gasteiger partial charge in [-0.2, -0.15) is 0 Å². The molecule has 5 rings (SSSR count). The van der Waals surface area contributed by atoms with Gasteiger partial charge in [-0.05, 0) is 54.4 Å². The average Bonchev–Trinajstić information content (AvgIpc) is 3.46. The van der Waals surface area contributed by atoms with E-state index in [-0.39, 0.29) is 16.3 Å². The van der Waals surface area contributed by atoms with Gasteiger partial charge >= 0.3 is 5.91 Å². The first-order chi connectivity index (χ1) is 17.4. The van der Waals surface area contributed by atoms with E-state index in [4.69, 9.17) is 0 Å². The number of halogens is 1. The quantitative estimate of drug-likeness (QED) is 0.122. The number of nitrogens with zero attached hydrogens (tertiary/aromatic N) is 4. The first-order valence-corrected chi connectivity index (χ1v) is 12.7. The molecule has 4 aromatic rings. The molecule has 10 heteroatoms. The number of pyridine rings is 1. The van der Waals surface area contributed by atoms with Gasteiger partial charge in [-0.1, -0.05) is 52.9 Å². The van der Waals surface area contributed by atoms with Crippen molar-refractivity contribution >= 4 is 45.7 Å². The van der Waals surface area contributed by atoms with Crippen molar-refractivity contribution in [2.45, 2.75) is 23.1 Å². The summed E-state index contributed by atoms with van der Waals surface area (Å²) in [4.78, 5) is 31.6. The molecule has 0 spiro atoms. The highest BCUT2D eigenvalue weighted by atomic mass is 32.2. The predicted molar refractivity (Wildman–Crippen MR) is 136 cm³/mol. The first-order valence-electron chi connectivity index (χ1n) is 10.9. The predicted octanol–water partition coefficient (Wildman–Crippen LogP) is 5.30. The van der Waals surface area contributed by atoms with Crippen molar-refractivity contribution < 1.29 is 19.1 Å². The number of aliphatic hydroxyl groups is 1. The Hall–Kier alpha value is -3.89. The van der Waals surface area contributed by atoms with Gasteiger partial charge in [0.25, 0.3) is 5.78 Å². The lowest BCUT2D eigenvalue weighted by molar-refractivity contribution is -0.132. The molecular weight excluding hydrogens is 499 g/mol. The third kappa shape index (κ3) is 4.65. The number of benzene rings is 2. The minimum absolute atomic E-state index is 0.109. The Labute approximate surface area is 214 Å². The molecule has 1 N–H and O–H groups in total. The van der Waals surface area contributed by atoms with Gasteiger partial charge in [0.1, 0.15) is 11.6 Å². The number of anilines is 1. The second-order valence-corrected chi connectivity index (χ2v) is 10.3. The number of rotatable bonds is 6. The fourth-order valence-electron chi connectivity index (χ4n) is 3.84. The van der Waals surface area contributed by atoms with E-state index in [9.17, 15) is 19.1 Å². The summed E-state index contributed by atoms with van der Waals surface area (Å²) in [6.07, 6.45) is 3.08. The summed E-state index contributed by atoms with van der Waals surface area (Å²) in [6, 6.07) is 15.6. The summed E-state index contributed by atoms with van der Waals surface area (Å²) in [5, 5.41) is 19.7. The van der Waals surface area contributed by atoms with Gasteiger partial charge in [0.2, 0.25) is 5.13 Å². The molecule has 1 unspecified atom stereocenters. The summed E-state index contributed by atoms with van der Waals surface area (Å²) < 4.78 is 14.1. The second-order valence-electron chi connectivity index (χ2n) is 8.08. The highest BCUT2D eigenvalue weighted by Crippen LogP contribution is 2.43. The lowest BCUT2D eigenvalue weighted by Gasteiger charge is -2.22. The lowest BCUT2D eigenvalue weighted by Crippen LogP contribution is -2.29. The molecular formula is C26H19FN4O3S2. The molecule has 1 saturated heterocycles. The second kappa shape index (κ2) is 10.00. The largest absolute Gasteiger partial charge is 0.507 e. The Morgan fingerprint density at radius 1 is 1.03 bits per heavy atom. The molecule has 2 aromatic carbocycles. The normalized spacial score (nSPS) is 17.1. The number of aryl methyl sites for hydroxylation is 1. The molecule has 1 amide bonds. The van der Waals surface area contributed by atoms with Crippen LogP contribution in [0.1, 0.15) is 28.3 Å².